The number of hydrogen-bond acceptors (Lipinski definition) is 5. The Bertz CT molecular complexity index is 876. The third kappa shape index (κ3) is 4.76. The third-order valence-electron chi connectivity index (χ3n) is 4.43. The molecule has 0 radical (unpaired) electrons. The van der Waals surface area contributed by atoms with Crippen molar-refractivity contribution in [1.29, 1.82) is 0 Å². The van der Waals surface area contributed by atoms with Crippen molar-refractivity contribution < 1.29 is 23.9 Å². The maximum absolute atomic E-state index is 12.3. The average Bonchev–Trinajstić information content (AvgIpc) is 2.70. The summed E-state index contributed by atoms with van der Waals surface area (Å²) in [5.41, 5.74) is 2.37. The van der Waals surface area contributed by atoms with Crippen LogP contribution in [0, 0.1) is 5.92 Å². The number of esters is 2. The molecule has 1 aliphatic rings. The molecule has 1 amide bonds. The molecule has 0 saturated heterocycles. The summed E-state index contributed by atoms with van der Waals surface area (Å²) in [7, 11) is 0. The Hall–Kier alpha value is -3.15. The van der Waals surface area contributed by atoms with Crippen LogP contribution in [-0.4, -0.2) is 31.0 Å². The number of hydrogen-bond donors (Lipinski definition) is 1. The summed E-state index contributed by atoms with van der Waals surface area (Å²) < 4.78 is 10.6. The Labute approximate surface area is 163 Å². The van der Waals surface area contributed by atoms with Crippen LogP contribution in [0.2, 0.25) is 0 Å². The smallest absolute Gasteiger partial charge is 0.339 e. The molecule has 1 N–H and O–H groups in total. The Morgan fingerprint density at radius 1 is 1.18 bits per heavy atom. The Kier molecular flexibility index (Phi) is 6.09. The van der Waals surface area contributed by atoms with Gasteiger partial charge in [0.1, 0.15) is 6.10 Å². The van der Waals surface area contributed by atoms with Gasteiger partial charge in [0.05, 0.1) is 11.1 Å². The molecule has 28 heavy (non-hydrogen) atoms. The zero-order chi connectivity index (χ0) is 20.1. The molecule has 1 unspecified atom stereocenters. The van der Waals surface area contributed by atoms with Crippen molar-refractivity contribution in [2.24, 2.45) is 5.92 Å². The van der Waals surface area contributed by atoms with Gasteiger partial charge in [-0.1, -0.05) is 44.2 Å². The first-order valence-electron chi connectivity index (χ1n) is 9.26. The zero-order valence-corrected chi connectivity index (χ0v) is 15.9. The van der Waals surface area contributed by atoms with E-state index < -0.39 is 18.0 Å². The maximum Gasteiger partial charge on any atom is 0.339 e. The van der Waals surface area contributed by atoms with E-state index in [1.807, 2.05) is 44.2 Å². The van der Waals surface area contributed by atoms with Crippen LogP contribution in [0.1, 0.15) is 51.8 Å². The fourth-order valence-corrected chi connectivity index (χ4v) is 2.96. The van der Waals surface area contributed by atoms with E-state index in [0.29, 0.717) is 30.0 Å². The number of fused-ring (bicyclic) bond motifs is 1. The molecule has 3 rings (SSSR count). The van der Waals surface area contributed by atoms with Gasteiger partial charge in [-0.3, -0.25) is 4.79 Å². The second-order valence-electron chi connectivity index (χ2n) is 7.15. The molecule has 1 atom stereocenters. The minimum absolute atomic E-state index is 0.303. The molecule has 0 spiro atoms. The number of carbonyl (C=O) groups excluding carboxylic acids is 3. The van der Waals surface area contributed by atoms with E-state index >= 15 is 0 Å². The Morgan fingerprint density at radius 3 is 2.64 bits per heavy atom. The van der Waals surface area contributed by atoms with Gasteiger partial charge in [-0.05, 0) is 35.2 Å². The molecule has 2 aromatic carbocycles. The summed E-state index contributed by atoms with van der Waals surface area (Å²) in [6.07, 6.45) is 0.0791. The average molecular weight is 381 g/mol. The van der Waals surface area contributed by atoms with Gasteiger partial charge in [-0.25, -0.2) is 9.59 Å². The Morgan fingerprint density at radius 2 is 1.93 bits per heavy atom. The highest BCUT2D eigenvalue weighted by Gasteiger charge is 2.28. The van der Waals surface area contributed by atoms with Gasteiger partial charge in [0.2, 0.25) is 0 Å². The van der Waals surface area contributed by atoms with Crippen molar-refractivity contribution in [3.8, 4) is 0 Å². The van der Waals surface area contributed by atoms with E-state index in [4.69, 9.17) is 9.47 Å². The molecule has 0 saturated carbocycles. The van der Waals surface area contributed by atoms with E-state index in [0.717, 1.165) is 11.1 Å². The molecular formula is C22H23NO5. The topological polar surface area (TPSA) is 81.7 Å². The van der Waals surface area contributed by atoms with E-state index in [9.17, 15) is 14.4 Å². The molecule has 6 heteroatoms. The number of rotatable bonds is 6. The predicted molar refractivity (Wildman–Crippen MR) is 103 cm³/mol. The number of amides is 1. The fraction of sp³-hybridized carbons (Fsp3) is 0.318. The number of benzene rings is 2. The van der Waals surface area contributed by atoms with Crippen LogP contribution in [0.15, 0.2) is 48.5 Å². The first kappa shape index (κ1) is 19.6. The molecule has 6 nitrogen and oxygen atoms in total. The zero-order valence-electron chi connectivity index (χ0n) is 15.9. The van der Waals surface area contributed by atoms with Crippen molar-refractivity contribution in [2.45, 2.75) is 26.4 Å². The van der Waals surface area contributed by atoms with Gasteiger partial charge in [0, 0.05) is 13.0 Å². The van der Waals surface area contributed by atoms with Crippen molar-refractivity contribution in [3.05, 3.63) is 70.8 Å². The molecule has 0 fully saturated rings. The lowest BCUT2D eigenvalue weighted by Gasteiger charge is -2.25. The second-order valence-corrected chi connectivity index (χ2v) is 7.15. The monoisotopic (exact) mass is 381 g/mol. The molecular weight excluding hydrogens is 358 g/mol. The highest BCUT2D eigenvalue weighted by atomic mass is 16.5. The van der Waals surface area contributed by atoms with E-state index in [-0.39, 0.29) is 12.5 Å². The highest BCUT2D eigenvalue weighted by Crippen LogP contribution is 2.31. The molecule has 0 aromatic heterocycles. The van der Waals surface area contributed by atoms with Crippen molar-refractivity contribution in [1.82, 2.24) is 5.32 Å². The number of carbonyl (C=O) groups is 3. The Balaban J connectivity index is 1.68. The van der Waals surface area contributed by atoms with Gasteiger partial charge in [-0.2, -0.15) is 0 Å². The molecule has 0 bridgehead atoms. The SMILES string of the molecule is CC(C)CNC(=O)COC(=O)c1ccc2c(c1)CC(c1ccccc1)OC2=O. The quantitative estimate of drug-likeness (QED) is 0.778. The largest absolute Gasteiger partial charge is 0.454 e. The van der Waals surface area contributed by atoms with Crippen LogP contribution >= 0.6 is 0 Å². The minimum atomic E-state index is -0.599. The maximum atomic E-state index is 12.3. The van der Waals surface area contributed by atoms with Gasteiger partial charge in [0.25, 0.3) is 5.91 Å². The van der Waals surface area contributed by atoms with Crippen LogP contribution in [-0.2, 0) is 20.7 Å². The highest BCUT2D eigenvalue weighted by molar-refractivity contribution is 5.96. The lowest BCUT2D eigenvalue weighted by molar-refractivity contribution is -0.124. The van der Waals surface area contributed by atoms with Crippen molar-refractivity contribution in [2.75, 3.05) is 13.2 Å². The number of nitrogens with one attached hydrogen (secondary N) is 1. The third-order valence-corrected chi connectivity index (χ3v) is 4.43. The van der Waals surface area contributed by atoms with Gasteiger partial charge < -0.3 is 14.8 Å². The van der Waals surface area contributed by atoms with Crippen molar-refractivity contribution in [3.63, 3.8) is 0 Å². The number of ether oxygens (including phenoxy) is 2. The van der Waals surface area contributed by atoms with Gasteiger partial charge in [0.15, 0.2) is 6.61 Å². The van der Waals surface area contributed by atoms with Crippen LogP contribution in [0.3, 0.4) is 0 Å². The van der Waals surface area contributed by atoms with E-state index in [2.05, 4.69) is 5.32 Å². The predicted octanol–water partition coefficient (Wildman–Crippen LogP) is 3.07. The van der Waals surface area contributed by atoms with E-state index in [1.54, 1.807) is 12.1 Å². The molecule has 146 valence electrons. The molecule has 1 aliphatic heterocycles. The van der Waals surface area contributed by atoms with Crippen LogP contribution in [0.25, 0.3) is 0 Å². The van der Waals surface area contributed by atoms with Gasteiger partial charge in [-0.15, -0.1) is 0 Å². The first-order chi connectivity index (χ1) is 13.4. The fourth-order valence-electron chi connectivity index (χ4n) is 2.96. The molecule has 1 heterocycles. The standard InChI is InChI=1S/C22H23NO5/c1-14(2)12-23-20(24)13-27-21(25)16-8-9-18-17(10-16)11-19(28-22(18)26)15-6-4-3-5-7-15/h3-10,14,19H,11-13H2,1-2H3,(H,23,24). The van der Waals surface area contributed by atoms with Crippen LogP contribution < -0.4 is 5.32 Å². The summed E-state index contributed by atoms with van der Waals surface area (Å²) in [6, 6.07) is 14.2. The van der Waals surface area contributed by atoms with Gasteiger partial charge >= 0.3 is 11.9 Å². The summed E-state index contributed by atoms with van der Waals surface area (Å²) in [5, 5.41) is 2.69. The molecule has 2 aromatic rings. The lowest BCUT2D eigenvalue weighted by Crippen LogP contribution is -2.31. The van der Waals surface area contributed by atoms with Crippen LogP contribution in [0.5, 0.6) is 0 Å². The van der Waals surface area contributed by atoms with Crippen LogP contribution in [0.4, 0.5) is 0 Å². The summed E-state index contributed by atoms with van der Waals surface area (Å²) in [4.78, 5) is 36.3. The minimum Gasteiger partial charge on any atom is -0.454 e. The normalized spacial score (nSPS) is 15.5. The summed E-state index contributed by atoms with van der Waals surface area (Å²) in [6.45, 7) is 4.15. The first-order valence-corrected chi connectivity index (χ1v) is 9.26. The summed E-state index contributed by atoms with van der Waals surface area (Å²) in [5.74, 6) is -1.04. The van der Waals surface area contributed by atoms with Crippen molar-refractivity contribution >= 4 is 17.8 Å². The molecule has 0 aliphatic carbocycles. The second kappa shape index (κ2) is 8.69. The number of cyclic esters (lactones) is 1. The summed E-state index contributed by atoms with van der Waals surface area (Å²) >= 11 is 0. The lowest BCUT2D eigenvalue weighted by atomic mass is 9.93. The van der Waals surface area contributed by atoms with E-state index in [1.165, 1.54) is 6.07 Å².